The third-order valence-corrected chi connectivity index (χ3v) is 6.90. The molecule has 5 rings (SSSR count). The van der Waals surface area contributed by atoms with Crippen molar-refractivity contribution < 1.29 is 14.3 Å². The van der Waals surface area contributed by atoms with Crippen LogP contribution in [0.1, 0.15) is 53.8 Å². The smallest absolute Gasteiger partial charge is 0.354 e. The summed E-state index contributed by atoms with van der Waals surface area (Å²) in [5.41, 5.74) is 4.81. The Balaban J connectivity index is 1.89. The second-order valence-corrected chi connectivity index (χ2v) is 7.99. The third-order valence-electron chi connectivity index (χ3n) is 6.90. The van der Waals surface area contributed by atoms with Gasteiger partial charge in [-0.3, -0.25) is 9.69 Å². The van der Waals surface area contributed by atoms with Crippen LogP contribution >= 0.6 is 0 Å². The molecule has 0 spiro atoms. The van der Waals surface area contributed by atoms with Crippen molar-refractivity contribution in [3.63, 3.8) is 0 Å². The predicted molar refractivity (Wildman–Crippen MR) is 104 cm³/mol. The van der Waals surface area contributed by atoms with Crippen molar-refractivity contribution >= 4 is 28.9 Å². The maximum absolute atomic E-state index is 12.8. The Morgan fingerprint density at radius 2 is 2.22 bits per heavy atom. The van der Waals surface area contributed by atoms with E-state index >= 15 is 0 Å². The maximum Gasteiger partial charge on any atom is 0.354 e. The molecule has 0 amide bonds. The minimum Gasteiger partial charge on any atom is -0.464 e. The highest BCUT2D eigenvalue weighted by atomic mass is 16.5. The number of carbonyl (C=O) groups is 2. The van der Waals surface area contributed by atoms with Crippen molar-refractivity contribution in [3.05, 3.63) is 41.1 Å². The fourth-order valence-corrected chi connectivity index (χ4v) is 5.67. The van der Waals surface area contributed by atoms with E-state index in [1.807, 2.05) is 18.2 Å². The van der Waals surface area contributed by atoms with Crippen LogP contribution in [-0.2, 0) is 16.0 Å². The molecule has 1 fully saturated rings. The molecule has 3 aliphatic heterocycles. The van der Waals surface area contributed by atoms with Gasteiger partial charge in [0.05, 0.1) is 18.7 Å². The van der Waals surface area contributed by atoms with E-state index in [0.29, 0.717) is 17.3 Å². The van der Waals surface area contributed by atoms with Crippen molar-refractivity contribution in [3.8, 4) is 0 Å². The van der Waals surface area contributed by atoms with E-state index in [-0.39, 0.29) is 11.4 Å². The molecular formula is C22H24N2O3. The molecule has 5 nitrogen and oxygen atoms in total. The standard InChI is InChI=1S/C22H24N2O3/c1-3-22-8-4-9-23-10-7-15-16-11-14(13-25)5-6-17(16)24(19(15)20(22)23)18(12-22)21(26)27-2/h5-6,11-13,20H,3-4,7-10H2,1-2H3/t20-,22+/m1/s1. The van der Waals surface area contributed by atoms with E-state index < -0.39 is 0 Å². The topological polar surface area (TPSA) is 51.5 Å². The van der Waals surface area contributed by atoms with E-state index in [1.54, 1.807) is 0 Å². The molecule has 1 aromatic carbocycles. The number of aromatic nitrogens is 1. The summed E-state index contributed by atoms with van der Waals surface area (Å²) in [7, 11) is 1.45. The third kappa shape index (κ3) is 2.09. The van der Waals surface area contributed by atoms with Gasteiger partial charge in [0, 0.05) is 28.6 Å². The molecule has 140 valence electrons. The van der Waals surface area contributed by atoms with Crippen LogP contribution in [0, 0.1) is 5.41 Å². The molecule has 0 unspecified atom stereocenters. The lowest BCUT2D eigenvalue weighted by Crippen LogP contribution is -2.51. The lowest BCUT2D eigenvalue weighted by atomic mass is 9.66. The largest absolute Gasteiger partial charge is 0.464 e. The average Bonchev–Trinajstić information content (AvgIpc) is 3.05. The molecule has 2 atom stereocenters. The summed E-state index contributed by atoms with van der Waals surface area (Å²) in [6, 6.07) is 6.07. The first-order valence-corrected chi connectivity index (χ1v) is 9.81. The second kappa shape index (κ2) is 5.80. The van der Waals surface area contributed by atoms with Crippen LogP contribution in [0.3, 0.4) is 0 Å². The van der Waals surface area contributed by atoms with Crippen LogP contribution in [0.2, 0.25) is 0 Å². The van der Waals surface area contributed by atoms with Gasteiger partial charge in [-0.25, -0.2) is 4.79 Å². The molecule has 27 heavy (non-hydrogen) atoms. The van der Waals surface area contributed by atoms with Crippen molar-refractivity contribution in [2.45, 2.75) is 38.6 Å². The van der Waals surface area contributed by atoms with Crippen molar-refractivity contribution in [1.29, 1.82) is 0 Å². The number of fused-ring (bicyclic) bond motifs is 3. The van der Waals surface area contributed by atoms with Gasteiger partial charge in [0.15, 0.2) is 0 Å². The summed E-state index contributed by atoms with van der Waals surface area (Å²) < 4.78 is 7.28. The fraction of sp³-hybridized carbons (Fsp3) is 0.455. The van der Waals surface area contributed by atoms with E-state index in [4.69, 9.17) is 4.74 Å². The van der Waals surface area contributed by atoms with Crippen LogP contribution in [0.25, 0.3) is 16.6 Å². The van der Waals surface area contributed by atoms with Gasteiger partial charge >= 0.3 is 5.97 Å². The lowest BCUT2D eigenvalue weighted by Gasteiger charge is -2.53. The average molecular weight is 364 g/mol. The monoisotopic (exact) mass is 364 g/mol. The van der Waals surface area contributed by atoms with Crippen LogP contribution in [0.15, 0.2) is 24.3 Å². The van der Waals surface area contributed by atoms with Crippen molar-refractivity contribution in [2.24, 2.45) is 5.41 Å². The molecule has 0 aliphatic carbocycles. The Morgan fingerprint density at radius 3 is 2.96 bits per heavy atom. The summed E-state index contributed by atoms with van der Waals surface area (Å²) in [5.74, 6) is -0.289. The van der Waals surface area contributed by atoms with Crippen molar-refractivity contribution in [2.75, 3.05) is 20.2 Å². The molecule has 0 N–H and O–H groups in total. The minimum absolute atomic E-state index is 0.0329. The van der Waals surface area contributed by atoms with Gasteiger partial charge < -0.3 is 9.30 Å². The molecule has 0 radical (unpaired) electrons. The first-order chi connectivity index (χ1) is 13.1. The number of methoxy groups -OCH3 is 1. The molecule has 1 saturated heterocycles. The zero-order valence-corrected chi connectivity index (χ0v) is 15.8. The Hall–Kier alpha value is -2.40. The summed E-state index contributed by atoms with van der Waals surface area (Å²) in [6.45, 7) is 4.37. The van der Waals surface area contributed by atoms with E-state index in [9.17, 15) is 9.59 Å². The number of piperidine rings is 1. The minimum atomic E-state index is -0.289. The number of ether oxygens (including phenoxy) is 1. The second-order valence-electron chi connectivity index (χ2n) is 7.99. The highest BCUT2D eigenvalue weighted by molar-refractivity contribution is 6.13. The highest BCUT2D eigenvalue weighted by Crippen LogP contribution is 2.57. The molecule has 3 aliphatic rings. The Kier molecular flexibility index (Phi) is 3.60. The quantitative estimate of drug-likeness (QED) is 0.617. The van der Waals surface area contributed by atoms with Crippen LogP contribution < -0.4 is 0 Å². The van der Waals surface area contributed by atoms with Gasteiger partial charge in [-0.1, -0.05) is 6.92 Å². The van der Waals surface area contributed by atoms with Crippen LogP contribution in [-0.4, -0.2) is 41.9 Å². The Morgan fingerprint density at radius 1 is 1.37 bits per heavy atom. The first-order valence-electron chi connectivity index (χ1n) is 9.81. The van der Waals surface area contributed by atoms with Crippen molar-refractivity contribution in [1.82, 2.24) is 9.47 Å². The number of esters is 1. The van der Waals surface area contributed by atoms with Gasteiger partial charge in [-0.15, -0.1) is 0 Å². The highest BCUT2D eigenvalue weighted by Gasteiger charge is 2.51. The van der Waals surface area contributed by atoms with Gasteiger partial charge in [0.2, 0.25) is 0 Å². The molecule has 0 bridgehead atoms. The van der Waals surface area contributed by atoms with Gasteiger partial charge in [0.1, 0.15) is 12.0 Å². The summed E-state index contributed by atoms with van der Waals surface area (Å²) in [5, 5.41) is 1.10. The Bertz CT molecular complexity index is 1000. The number of carbonyl (C=O) groups excluding carboxylic acids is 2. The van der Waals surface area contributed by atoms with Gasteiger partial charge in [-0.2, -0.15) is 0 Å². The number of hydrogen-bond donors (Lipinski definition) is 0. The maximum atomic E-state index is 12.8. The molecule has 1 aromatic heterocycles. The van der Waals surface area contributed by atoms with Crippen LogP contribution in [0.4, 0.5) is 0 Å². The summed E-state index contributed by atoms with van der Waals surface area (Å²) in [4.78, 5) is 26.7. The molecule has 5 heteroatoms. The van der Waals surface area contributed by atoms with E-state index in [1.165, 1.54) is 18.4 Å². The predicted octanol–water partition coefficient (Wildman–Crippen LogP) is 3.57. The zero-order chi connectivity index (χ0) is 18.8. The van der Waals surface area contributed by atoms with E-state index in [2.05, 4.69) is 22.5 Å². The number of rotatable bonds is 3. The molecule has 0 saturated carbocycles. The zero-order valence-electron chi connectivity index (χ0n) is 15.8. The number of nitrogens with zero attached hydrogens (tertiary/aromatic N) is 2. The first kappa shape index (κ1) is 16.8. The fourth-order valence-electron chi connectivity index (χ4n) is 5.67. The molecule has 2 aromatic rings. The van der Waals surface area contributed by atoms with Gasteiger partial charge in [0.25, 0.3) is 0 Å². The Labute approximate surface area is 158 Å². The SMILES string of the molecule is CC[C@@]12C=C(C(=O)OC)n3c4c(c5cc(C=O)ccc53)CCN(CCC1)[C@H]42. The summed E-state index contributed by atoms with van der Waals surface area (Å²) in [6.07, 6.45) is 7.27. The number of hydrogen-bond acceptors (Lipinski definition) is 4. The number of benzene rings is 1. The molecule has 4 heterocycles. The van der Waals surface area contributed by atoms with Crippen LogP contribution in [0.5, 0.6) is 0 Å². The number of aldehydes is 1. The lowest BCUT2D eigenvalue weighted by molar-refractivity contribution is -0.134. The normalized spacial score (nSPS) is 26.4. The summed E-state index contributed by atoms with van der Waals surface area (Å²) >= 11 is 0. The molecular weight excluding hydrogens is 340 g/mol. The van der Waals surface area contributed by atoms with E-state index in [0.717, 1.165) is 56.0 Å². The van der Waals surface area contributed by atoms with Gasteiger partial charge in [-0.05, 0) is 62.1 Å².